The largest absolute Gasteiger partial charge is 0.333 e. The summed E-state index contributed by atoms with van der Waals surface area (Å²) in [6, 6.07) is 0.217. The van der Waals surface area contributed by atoms with Gasteiger partial charge in [-0.2, -0.15) is 0 Å². The normalized spacial score (nSPS) is 21.1. The molecule has 1 rings (SSSR count). The van der Waals surface area contributed by atoms with Crippen molar-refractivity contribution in [3.8, 4) is 0 Å². The number of carbonyl (C=O) groups is 2. The number of nitrogens with zero attached hydrogens (tertiary/aromatic N) is 1. The second-order valence-electron chi connectivity index (χ2n) is 2.93. The molecule has 1 heterocycles. The number of carbonyl (C=O) groups excluding carboxylic acids is 2. The summed E-state index contributed by atoms with van der Waals surface area (Å²) < 4.78 is 0. The third-order valence-corrected chi connectivity index (χ3v) is 2.20. The second-order valence-corrected chi connectivity index (χ2v) is 2.93. The monoisotopic (exact) mass is 155 g/mol. The van der Waals surface area contributed by atoms with Gasteiger partial charge in [0.1, 0.15) is 0 Å². The van der Waals surface area contributed by atoms with Crippen molar-refractivity contribution < 1.29 is 9.59 Å². The SMILES string of the molecule is CCC(C)N1CCC(=O)C1=O. The first kappa shape index (κ1) is 8.24. The fourth-order valence-electron chi connectivity index (χ4n) is 1.23. The first-order chi connectivity index (χ1) is 5.16. The number of likely N-dealkylation sites (tertiary alicyclic amines) is 1. The van der Waals surface area contributed by atoms with Crippen LogP contribution < -0.4 is 0 Å². The third-order valence-electron chi connectivity index (χ3n) is 2.20. The van der Waals surface area contributed by atoms with Gasteiger partial charge in [-0.3, -0.25) is 9.59 Å². The molecule has 0 spiro atoms. The number of Topliss-reactive ketones (excluding diaryl/α,β-unsaturated/α-hetero) is 1. The Kier molecular flexibility index (Phi) is 2.27. The summed E-state index contributed by atoms with van der Waals surface area (Å²) in [7, 11) is 0. The zero-order chi connectivity index (χ0) is 8.43. The fraction of sp³-hybridized carbons (Fsp3) is 0.750. The summed E-state index contributed by atoms with van der Waals surface area (Å²) in [6.07, 6.45) is 1.32. The summed E-state index contributed by atoms with van der Waals surface area (Å²) in [5, 5.41) is 0. The predicted octanol–water partition coefficient (Wildman–Crippen LogP) is 0.586. The minimum atomic E-state index is -0.292. The van der Waals surface area contributed by atoms with E-state index >= 15 is 0 Å². The molecule has 0 saturated carbocycles. The molecule has 3 nitrogen and oxygen atoms in total. The fourth-order valence-corrected chi connectivity index (χ4v) is 1.23. The Bertz CT molecular complexity index is 189. The van der Waals surface area contributed by atoms with E-state index in [1.807, 2.05) is 13.8 Å². The van der Waals surface area contributed by atoms with Crippen molar-refractivity contribution in [2.24, 2.45) is 0 Å². The lowest BCUT2D eigenvalue weighted by molar-refractivity contribution is -0.141. The second kappa shape index (κ2) is 3.03. The van der Waals surface area contributed by atoms with Gasteiger partial charge >= 0.3 is 0 Å². The molecule has 11 heavy (non-hydrogen) atoms. The highest BCUT2D eigenvalue weighted by Crippen LogP contribution is 2.12. The van der Waals surface area contributed by atoms with Gasteiger partial charge in [-0.05, 0) is 13.3 Å². The zero-order valence-electron chi connectivity index (χ0n) is 6.96. The molecule has 0 aliphatic carbocycles. The molecule has 1 atom stereocenters. The Balaban J connectivity index is 2.61. The van der Waals surface area contributed by atoms with Crippen molar-refractivity contribution in [1.82, 2.24) is 4.90 Å². The lowest BCUT2D eigenvalue weighted by Crippen LogP contribution is -2.35. The van der Waals surface area contributed by atoms with Crippen molar-refractivity contribution in [3.05, 3.63) is 0 Å². The van der Waals surface area contributed by atoms with E-state index in [1.165, 1.54) is 0 Å². The quantitative estimate of drug-likeness (QED) is 0.547. The van der Waals surface area contributed by atoms with E-state index in [1.54, 1.807) is 4.90 Å². The van der Waals surface area contributed by atoms with Crippen molar-refractivity contribution >= 4 is 11.7 Å². The van der Waals surface area contributed by atoms with Crippen molar-refractivity contribution in [2.45, 2.75) is 32.7 Å². The van der Waals surface area contributed by atoms with Crippen LogP contribution in [0.3, 0.4) is 0 Å². The molecule has 0 N–H and O–H groups in total. The van der Waals surface area contributed by atoms with Crippen LogP contribution >= 0.6 is 0 Å². The average Bonchev–Trinajstić information content (AvgIpc) is 2.32. The van der Waals surface area contributed by atoms with Crippen molar-refractivity contribution in [3.63, 3.8) is 0 Å². The molecule has 0 aromatic rings. The van der Waals surface area contributed by atoms with E-state index in [9.17, 15) is 9.59 Å². The van der Waals surface area contributed by atoms with Crippen LogP contribution in [0.15, 0.2) is 0 Å². The van der Waals surface area contributed by atoms with Crippen LogP contribution in [0.25, 0.3) is 0 Å². The van der Waals surface area contributed by atoms with Crippen LogP contribution in [0.2, 0.25) is 0 Å². The van der Waals surface area contributed by atoms with Gasteiger partial charge in [0.2, 0.25) is 5.78 Å². The first-order valence-corrected chi connectivity index (χ1v) is 4.00. The van der Waals surface area contributed by atoms with Crippen LogP contribution in [0.1, 0.15) is 26.7 Å². The Morgan fingerprint density at radius 2 is 2.18 bits per heavy atom. The summed E-state index contributed by atoms with van der Waals surface area (Å²) in [5.74, 6) is -0.523. The molecule has 0 aromatic carbocycles. The lowest BCUT2D eigenvalue weighted by atomic mass is 10.2. The van der Waals surface area contributed by atoms with Crippen molar-refractivity contribution in [1.29, 1.82) is 0 Å². The molecule has 1 aliphatic rings. The number of hydrogen-bond acceptors (Lipinski definition) is 2. The van der Waals surface area contributed by atoms with E-state index in [2.05, 4.69) is 0 Å². The summed E-state index contributed by atoms with van der Waals surface area (Å²) in [6.45, 7) is 4.60. The molecule has 0 bridgehead atoms. The van der Waals surface area contributed by atoms with Gasteiger partial charge in [0.05, 0.1) is 0 Å². The Labute approximate surface area is 66.4 Å². The van der Waals surface area contributed by atoms with E-state index in [0.717, 1.165) is 6.42 Å². The first-order valence-electron chi connectivity index (χ1n) is 4.00. The van der Waals surface area contributed by atoms with Gasteiger partial charge in [0, 0.05) is 19.0 Å². The molecule has 3 heteroatoms. The molecule has 0 aromatic heterocycles. The van der Waals surface area contributed by atoms with Gasteiger partial charge in [-0.15, -0.1) is 0 Å². The molecular weight excluding hydrogens is 142 g/mol. The van der Waals surface area contributed by atoms with Gasteiger partial charge < -0.3 is 4.90 Å². The molecule has 1 amide bonds. The Hall–Kier alpha value is -0.860. The maximum absolute atomic E-state index is 11.1. The van der Waals surface area contributed by atoms with Crippen molar-refractivity contribution in [2.75, 3.05) is 6.54 Å². The van der Waals surface area contributed by atoms with E-state index in [0.29, 0.717) is 13.0 Å². The van der Waals surface area contributed by atoms with Crippen LogP contribution in [0, 0.1) is 0 Å². The molecule has 1 fully saturated rings. The highest BCUT2D eigenvalue weighted by atomic mass is 16.2. The predicted molar refractivity (Wildman–Crippen MR) is 41.1 cm³/mol. The van der Waals surface area contributed by atoms with Gasteiger partial charge in [0.25, 0.3) is 5.91 Å². The van der Waals surface area contributed by atoms with Gasteiger partial charge in [0.15, 0.2) is 0 Å². The minimum Gasteiger partial charge on any atom is -0.333 e. The maximum atomic E-state index is 11.1. The standard InChI is InChI=1S/C8H13NO2/c1-3-6(2)9-5-4-7(10)8(9)11/h6H,3-5H2,1-2H3. The highest BCUT2D eigenvalue weighted by molar-refractivity contribution is 6.37. The Morgan fingerprint density at radius 1 is 1.55 bits per heavy atom. The van der Waals surface area contributed by atoms with Gasteiger partial charge in [-0.25, -0.2) is 0 Å². The molecule has 1 aliphatic heterocycles. The summed E-state index contributed by atoms with van der Waals surface area (Å²) in [5.41, 5.74) is 0. The lowest BCUT2D eigenvalue weighted by Gasteiger charge is -2.21. The average molecular weight is 155 g/mol. The minimum absolute atomic E-state index is 0.217. The molecule has 1 unspecified atom stereocenters. The molecule has 0 radical (unpaired) electrons. The Morgan fingerprint density at radius 3 is 2.55 bits per heavy atom. The van der Waals surface area contributed by atoms with Crippen LogP contribution in [-0.2, 0) is 9.59 Å². The number of rotatable bonds is 2. The summed E-state index contributed by atoms with van der Waals surface area (Å²) >= 11 is 0. The topological polar surface area (TPSA) is 37.4 Å². The molecular formula is C8H13NO2. The van der Waals surface area contributed by atoms with Crippen LogP contribution in [-0.4, -0.2) is 29.2 Å². The highest BCUT2D eigenvalue weighted by Gasteiger charge is 2.31. The maximum Gasteiger partial charge on any atom is 0.290 e. The van der Waals surface area contributed by atoms with E-state index in [4.69, 9.17) is 0 Å². The van der Waals surface area contributed by atoms with Crippen LogP contribution in [0.4, 0.5) is 0 Å². The summed E-state index contributed by atoms with van der Waals surface area (Å²) in [4.78, 5) is 23.6. The van der Waals surface area contributed by atoms with Gasteiger partial charge in [-0.1, -0.05) is 6.92 Å². The van der Waals surface area contributed by atoms with E-state index < -0.39 is 0 Å². The van der Waals surface area contributed by atoms with Crippen LogP contribution in [0.5, 0.6) is 0 Å². The zero-order valence-corrected chi connectivity index (χ0v) is 6.96. The third kappa shape index (κ3) is 1.42. The molecule has 1 saturated heterocycles. The molecule has 62 valence electrons. The number of ketones is 1. The number of amides is 1. The smallest absolute Gasteiger partial charge is 0.290 e. The van der Waals surface area contributed by atoms with E-state index in [-0.39, 0.29) is 17.7 Å². The number of hydrogen-bond donors (Lipinski definition) is 0.